The third-order valence-corrected chi connectivity index (χ3v) is 8.29. The van der Waals surface area contributed by atoms with Crippen molar-refractivity contribution in [3.63, 3.8) is 0 Å². The standard InChI is InChI=1S/C31H34N4O2/c1-31(27-16-15-23-13-8-14-26(23)21-27)29(36)35(30(37)32-31)22-33-17-19-34(20-18-33)28(24-9-4-2-5-10-24)25-11-6-3-7-12-25/h2-7,9-12,15-16,21,28H,8,13-14,17-20,22H2,1H3,(H,32,37). The van der Waals surface area contributed by atoms with Gasteiger partial charge >= 0.3 is 6.03 Å². The molecule has 1 atom stereocenters. The Balaban J connectivity index is 1.14. The summed E-state index contributed by atoms with van der Waals surface area (Å²) in [6, 6.07) is 27.4. The molecule has 2 heterocycles. The number of nitrogens with one attached hydrogen (secondary N) is 1. The van der Waals surface area contributed by atoms with Crippen molar-refractivity contribution in [2.45, 2.75) is 37.8 Å². The molecule has 1 N–H and O–H groups in total. The predicted molar refractivity (Wildman–Crippen MR) is 144 cm³/mol. The van der Waals surface area contributed by atoms with Crippen LogP contribution in [0.15, 0.2) is 78.9 Å². The summed E-state index contributed by atoms with van der Waals surface area (Å²) in [6.07, 6.45) is 3.30. The first-order valence-electron chi connectivity index (χ1n) is 13.4. The molecule has 3 aromatic carbocycles. The molecule has 3 amide bonds. The highest BCUT2D eigenvalue weighted by Crippen LogP contribution is 2.33. The van der Waals surface area contributed by atoms with E-state index in [0.29, 0.717) is 6.67 Å². The van der Waals surface area contributed by atoms with Gasteiger partial charge in [-0.25, -0.2) is 9.69 Å². The maximum Gasteiger partial charge on any atom is 0.326 e. The second-order valence-corrected chi connectivity index (χ2v) is 10.6. The molecule has 3 aromatic rings. The van der Waals surface area contributed by atoms with Crippen LogP contribution in [0.4, 0.5) is 4.79 Å². The summed E-state index contributed by atoms with van der Waals surface area (Å²) in [5.74, 6) is -0.163. The van der Waals surface area contributed by atoms with Gasteiger partial charge in [-0.3, -0.25) is 14.6 Å². The highest BCUT2D eigenvalue weighted by molar-refractivity contribution is 6.07. The van der Waals surface area contributed by atoms with Crippen LogP contribution in [-0.2, 0) is 23.2 Å². The van der Waals surface area contributed by atoms with Gasteiger partial charge in [-0.05, 0) is 54.0 Å². The maximum atomic E-state index is 13.6. The quantitative estimate of drug-likeness (QED) is 0.519. The van der Waals surface area contributed by atoms with Crippen molar-refractivity contribution in [1.82, 2.24) is 20.0 Å². The van der Waals surface area contributed by atoms with Crippen molar-refractivity contribution in [3.05, 3.63) is 107 Å². The number of urea groups is 1. The first-order valence-corrected chi connectivity index (χ1v) is 13.4. The molecule has 190 valence electrons. The van der Waals surface area contributed by atoms with Crippen LogP contribution in [0.25, 0.3) is 0 Å². The molecule has 6 rings (SSSR count). The van der Waals surface area contributed by atoms with Gasteiger partial charge in [0.2, 0.25) is 0 Å². The van der Waals surface area contributed by atoms with Gasteiger partial charge in [0.15, 0.2) is 0 Å². The zero-order chi connectivity index (χ0) is 25.4. The number of carbonyl (C=O) groups excluding carboxylic acids is 2. The Labute approximate surface area is 218 Å². The largest absolute Gasteiger partial charge is 0.326 e. The Morgan fingerprint density at radius 2 is 1.43 bits per heavy atom. The van der Waals surface area contributed by atoms with Gasteiger partial charge < -0.3 is 5.32 Å². The summed E-state index contributed by atoms with van der Waals surface area (Å²) in [7, 11) is 0. The van der Waals surface area contributed by atoms with Crippen molar-refractivity contribution in [3.8, 4) is 0 Å². The van der Waals surface area contributed by atoms with Crippen LogP contribution in [0.5, 0.6) is 0 Å². The molecule has 2 aliphatic heterocycles. The molecule has 6 heteroatoms. The monoisotopic (exact) mass is 494 g/mol. The van der Waals surface area contributed by atoms with Crippen LogP contribution >= 0.6 is 0 Å². The number of fused-ring (bicyclic) bond motifs is 1. The molecule has 0 spiro atoms. The fourth-order valence-electron chi connectivity index (χ4n) is 6.15. The molecule has 2 saturated heterocycles. The van der Waals surface area contributed by atoms with E-state index in [1.54, 1.807) is 0 Å². The first kappa shape index (κ1) is 23.9. The fraction of sp³-hybridized carbons (Fsp3) is 0.355. The van der Waals surface area contributed by atoms with Crippen LogP contribution in [0.2, 0.25) is 0 Å². The Morgan fingerprint density at radius 3 is 2.08 bits per heavy atom. The van der Waals surface area contributed by atoms with E-state index in [1.165, 1.54) is 27.2 Å². The molecule has 0 bridgehead atoms. The normalized spacial score (nSPS) is 22.5. The number of aryl methyl sites for hydroxylation is 2. The minimum Gasteiger partial charge on any atom is -0.319 e. The number of nitrogens with zero attached hydrogens (tertiary/aromatic N) is 3. The predicted octanol–water partition coefficient (Wildman–Crippen LogP) is 4.31. The van der Waals surface area contributed by atoms with E-state index in [9.17, 15) is 9.59 Å². The molecular formula is C31H34N4O2. The number of hydrogen-bond acceptors (Lipinski definition) is 4. The van der Waals surface area contributed by atoms with E-state index in [4.69, 9.17) is 0 Å². The summed E-state index contributed by atoms with van der Waals surface area (Å²) >= 11 is 0. The number of rotatable bonds is 6. The molecular weight excluding hydrogens is 460 g/mol. The van der Waals surface area contributed by atoms with Crippen LogP contribution < -0.4 is 5.32 Å². The second-order valence-electron chi connectivity index (χ2n) is 10.6. The van der Waals surface area contributed by atoms with Crippen LogP contribution in [0.1, 0.15) is 47.2 Å². The Kier molecular flexibility index (Phi) is 6.31. The molecule has 1 aliphatic carbocycles. The number of benzene rings is 3. The van der Waals surface area contributed by atoms with Crippen molar-refractivity contribution in [1.29, 1.82) is 0 Å². The molecule has 37 heavy (non-hydrogen) atoms. The Bertz CT molecular complexity index is 1250. The van der Waals surface area contributed by atoms with E-state index >= 15 is 0 Å². The average Bonchev–Trinajstić information content (AvgIpc) is 3.49. The van der Waals surface area contributed by atoms with Gasteiger partial charge in [0.05, 0.1) is 12.7 Å². The molecule has 3 aliphatic rings. The minimum absolute atomic E-state index is 0.163. The number of piperazine rings is 1. The second kappa shape index (κ2) is 9.77. The Hall–Kier alpha value is -3.48. The maximum absolute atomic E-state index is 13.6. The lowest BCUT2D eigenvalue weighted by atomic mass is 9.90. The SMILES string of the molecule is CC1(c2ccc3c(c2)CCC3)NC(=O)N(CN2CCN(C(c3ccccc3)c3ccccc3)CC2)C1=O. The summed E-state index contributed by atoms with van der Waals surface area (Å²) in [4.78, 5) is 32.7. The van der Waals surface area contributed by atoms with E-state index in [1.807, 2.05) is 13.0 Å². The average molecular weight is 495 g/mol. The van der Waals surface area contributed by atoms with Crippen molar-refractivity contribution in [2.75, 3.05) is 32.8 Å². The minimum atomic E-state index is -1.01. The summed E-state index contributed by atoms with van der Waals surface area (Å²) in [5.41, 5.74) is 5.10. The highest BCUT2D eigenvalue weighted by atomic mass is 16.2. The molecule has 0 radical (unpaired) electrons. The van der Waals surface area contributed by atoms with Gasteiger partial charge in [-0.15, -0.1) is 0 Å². The van der Waals surface area contributed by atoms with Crippen molar-refractivity contribution in [2.24, 2.45) is 0 Å². The topological polar surface area (TPSA) is 55.9 Å². The molecule has 2 fully saturated rings. The lowest BCUT2D eigenvalue weighted by Crippen LogP contribution is -2.52. The van der Waals surface area contributed by atoms with Crippen molar-refractivity contribution < 1.29 is 9.59 Å². The van der Waals surface area contributed by atoms with E-state index in [2.05, 4.69) is 87.9 Å². The molecule has 0 saturated carbocycles. The number of imide groups is 1. The van der Waals surface area contributed by atoms with Crippen LogP contribution in [0.3, 0.4) is 0 Å². The molecule has 1 unspecified atom stereocenters. The first-order chi connectivity index (χ1) is 18.0. The number of carbonyl (C=O) groups is 2. The van der Waals surface area contributed by atoms with Gasteiger partial charge in [-0.1, -0.05) is 78.9 Å². The lowest BCUT2D eigenvalue weighted by molar-refractivity contribution is -0.132. The van der Waals surface area contributed by atoms with Gasteiger partial charge in [-0.2, -0.15) is 0 Å². The smallest absolute Gasteiger partial charge is 0.319 e. The van der Waals surface area contributed by atoms with Crippen molar-refractivity contribution >= 4 is 11.9 Å². The highest BCUT2D eigenvalue weighted by Gasteiger charge is 2.49. The van der Waals surface area contributed by atoms with E-state index < -0.39 is 5.54 Å². The number of amides is 3. The van der Waals surface area contributed by atoms with Gasteiger partial charge in [0, 0.05) is 26.2 Å². The zero-order valence-electron chi connectivity index (χ0n) is 21.4. The molecule has 0 aromatic heterocycles. The summed E-state index contributed by atoms with van der Waals surface area (Å²) < 4.78 is 0. The fourth-order valence-corrected chi connectivity index (χ4v) is 6.15. The van der Waals surface area contributed by atoms with Gasteiger partial charge in [0.1, 0.15) is 5.54 Å². The van der Waals surface area contributed by atoms with Gasteiger partial charge in [0.25, 0.3) is 5.91 Å². The van der Waals surface area contributed by atoms with Crippen LogP contribution in [-0.4, -0.2) is 59.5 Å². The lowest BCUT2D eigenvalue weighted by Gasteiger charge is -2.40. The summed E-state index contributed by atoms with van der Waals surface area (Å²) in [6.45, 7) is 5.47. The summed E-state index contributed by atoms with van der Waals surface area (Å²) in [5, 5.41) is 3.00. The van der Waals surface area contributed by atoms with E-state index in [-0.39, 0.29) is 18.0 Å². The van der Waals surface area contributed by atoms with Crippen LogP contribution in [0, 0.1) is 0 Å². The number of hydrogen-bond donors (Lipinski definition) is 1. The third kappa shape index (κ3) is 4.45. The molecule has 6 nitrogen and oxygen atoms in total. The Morgan fingerprint density at radius 1 is 0.811 bits per heavy atom. The third-order valence-electron chi connectivity index (χ3n) is 8.29. The van der Waals surface area contributed by atoms with E-state index in [0.717, 1.165) is 51.0 Å². The zero-order valence-corrected chi connectivity index (χ0v) is 21.4.